The summed E-state index contributed by atoms with van der Waals surface area (Å²) in [6.07, 6.45) is 4.43. The lowest BCUT2D eigenvalue weighted by molar-refractivity contribution is 0.247. The molecule has 0 unspecified atom stereocenters. The smallest absolute Gasteiger partial charge is 0.225 e. The van der Waals surface area contributed by atoms with Crippen molar-refractivity contribution in [2.45, 2.75) is 40.0 Å². The summed E-state index contributed by atoms with van der Waals surface area (Å²) in [5.74, 6) is 1.19. The van der Waals surface area contributed by atoms with Crippen molar-refractivity contribution < 1.29 is 9.84 Å². The number of hydrogen-bond donors (Lipinski definition) is 2. The Kier molecular flexibility index (Phi) is 6.56. The molecular weight excluding hydrogens is 242 g/mol. The zero-order chi connectivity index (χ0) is 14.1. The maximum atomic E-state index is 8.87. The Morgan fingerprint density at radius 3 is 2.89 bits per heavy atom. The number of ether oxygens (including phenoxy) is 1. The van der Waals surface area contributed by atoms with E-state index in [2.05, 4.69) is 36.1 Å². The maximum Gasteiger partial charge on any atom is 0.225 e. The van der Waals surface area contributed by atoms with Crippen molar-refractivity contribution >= 4 is 5.95 Å². The number of aliphatic hydroxyl groups is 1. The molecule has 0 aromatic carbocycles. The van der Waals surface area contributed by atoms with E-state index in [0.29, 0.717) is 18.4 Å². The van der Waals surface area contributed by atoms with E-state index in [1.165, 1.54) is 0 Å². The number of rotatable bonds is 9. The molecule has 5 nitrogen and oxygen atoms in total. The third-order valence-corrected chi connectivity index (χ3v) is 2.82. The second kappa shape index (κ2) is 7.94. The summed E-state index contributed by atoms with van der Waals surface area (Å²) in [4.78, 5) is 8.48. The van der Waals surface area contributed by atoms with E-state index in [4.69, 9.17) is 9.84 Å². The normalized spacial score (nSPS) is 11.4. The molecule has 0 aliphatic heterocycles. The third kappa shape index (κ3) is 6.38. The second-order valence-corrected chi connectivity index (χ2v) is 5.41. The summed E-state index contributed by atoms with van der Waals surface area (Å²) in [5.41, 5.74) is 0.104. The summed E-state index contributed by atoms with van der Waals surface area (Å²) < 4.78 is 5.47. The standard InChI is InChI=1S/C14H25N3O2/c1-4-10-19-12-6-8-15-13(17-12)16-11-14(2,3)7-5-9-18/h6,8,18H,4-5,7,9-11H2,1-3H3,(H,15,16,17). The fraction of sp³-hybridized carbons (Fsp3) is 0.714. The number of aromatic nitrogens is 2. The van der Waals surface area contributed by atoms with Gasteiger partial charge in [-0.1, -0.05) is 20.8 Å². The molecule has 0 atom stereocenters. The maximum absolute atomic E-state index is 8.87. The Morgan fingerprint density at radius 1 is 1.42 bits per heavy atom. The SMILES string of the molecule is CCCOc1ccnc(NCC(C)(C)CCCO)n1. The highest BCUT2D eigenvalue weighted by Crippen LogP contribution is 2.22. The van der Waals surface area contributed by atoms with Gasteiger partial charge < -0.3 is 15.2 Å². The minimum absolute atomic E-state index is 0.104. The van der Waals surface area contributed by atoms with Crippen LogP contribution in [0.15, 0.2) is 12.3 Å². The quantitative estimate of drug-likeness (QED) is 0.719. The lowest BCUT2D eigenvalue weighted by atomic mass is 9.88. The van der Waals surface area contributed by atoms with Gasteiger partial charge in [0, 0.05) is 25.4 Å². The van der Waals surface area contributed by atoms with Crippen molar-refractivity contribution in [3.8, 4) is 5.88 Å². The van der Waals surface area contributed by atoms with Crippen molar-refractivity contribution in [2.75, 3.05) is 25.1 Å². The van der Waals surface area contributed by atoms with Gasteiger partial charge in [0.05, 0.1) is 6.61 Å². The highest BCUT2D eigenvalue weighted by molar-refractivity contribution is 5.27. The second-order valence-electron chi connectivity index (χ2n) is 5.41. The van der Waals surface area contributed by atoms with Crippen molar-refractivity contribution in [2.24, 2.45) is 5.41 Å². The molecule has 1 aromatic rings. The van der Waals surface area contributed by atoms with Crippen LogP contribution < -0.4 is 10.1 Å². The monoisotopic (exact) mass is 267 g/mol. The number of anilines is 1. The van der Waals surface area contributed by atoms with Crippen LogP contribution in [0.1, 0.15) is 40.0 Å². The van der Waals surface area contributed by atoms with E-state index in [1.807, 2.05) is 0 Å². The molecule has 1 aromatic heterocycles. The van der Waals surface area contributed by atoms with Crippen molar-refractivity contribution in [3.63, 3.8) is 0 Å². The number of hydrogen-bond acceptors (Lipinski definition) is 5. The van der Waals surface area contributed by atoms with Gasteiger partial charge in [0.2, 0.25) is 11.8 Å². The summed E-state index contributed by atoms with van der Waals surface area (Å²) >= 11 is 0. The summed E-state index contributed by atoms with van der Waals surface area (Å²) in [6, 6.07) is 1.76. The summed E-state index contributed by atoms with van der Waals surface area (Å²) in [6.45, 7) is 8.05. The molecule has 0 aliphatic rings. The number of aliphatic hydroxyl groups excluding tert-OH is 1. The Hall–Kier alpha value is -1.36. The average molecular weight is 267 g/mol. The van der Waals surface area contributed by atoms with Crippen LogP contribution in [-0.2, 0) is 0 Å². The number of nitrogens with zero attached hydrogens (tertiary/aromatic N) is 2. The lowest BCUT2D eigenvalue weighted by Gasteiger charge is -2.24. The van der Waals surface area contributed by atoms with Gasteiger partial charge in [-0.15, -0.1) is 0 Å². The minimum atomic E-state index is 0.104. The molecule has 19 heavy (non-hydrogen) atoms. The van der Waals surface area contributed by atoms with Gasteiger partial charge >= 0.3 is 0 Å². The van der Waals surface area contributed by atoms with Gasteiger partial charge in [-0.25, -0.2) is 4.98 Å². The van der Waals surface area contributed by atoms with Crippen molar-refractivity contribution in [3.05, 3.63) is 12.3 Å². The third-order valence-electron chi connectivity index (χ3n) is 2.82. The fourth-order valence-electron chi connectivity index (χ4n) is 1.68. The van der Waals surface area contributed by atoms with E-state index in [9.17, 15) is 0 Å². The predicted molar refractivity (Wildman–Crippen MR) is 76.4 cm³/mol. The fourth-order valence-corrected chi connectivity index (χ4v) is 1.68. The van der Waals surface area contributed by atoms with E-state index in [0.717, 1.165) is 25.8 Å². The largest absolute Gasteiger partial charge is 0.478 e. The molecule has 0 saturated heterocycles. The Bertz CT molecular complexity index is 369. The van der Waals surface area contributed by atoms with Gasteiger partial charge in [0.1, 0.15) is 0 Å². The first-order chi connectivity index (χ1) is 9.07. The topological polar surface area (TPSA) is 67.3 Å². The van der Waals surface area contributed by atoms with Crippen LogP contribution in [-0.4, -0.2) is 34.8 Å². The lowest BCUT2D eigenvalue weighted by Crippen LogP contribution is -2.24. The van der Waals surface area contributed by atoms with Gasteiger partial charge in [-0.2, -0.15) is 4.98 Å². The zero-order valence-corrected chi connectivity index (χ0v) is 12.1. The molecule has 0 saturated carbocycles. The first-order valence-electron chi connectivity index (χ1n) is 6.88. The highest BCUT2D eigenvalue weighted by Gasteiger charge is 2.17. The molecule has 108 valence electrons. The molecule has 1 heterocycles. The van der Waals surface area contributed by atoms with Gasteiger partial charge in [0.15, 0.2) is 0 Å². The predicted octanol–water partition coefficient (Wildman–Crippen LogP) is 2.48. The van der Waals surface area contributed by atoms with Crippen LogP contribution in [0, 0.1) is 5.41 Å². The zero-order valence-electron chi connectivity index (χ0n) is 12.1. The van der Waals surface area contributed by atoms with Crippen LogP contribution in [0.3, 0.4) is 0 Å². The minimum Gasteiger partial charge on any atom is -0.478 e. The Labute approximate surface area is 115 Å². The molecule has 0 bridgehead atoms. The molecular formula is C14H25N3O2. The molecule has 0 radical (unpaired) electrons. The molecule has 0 fully saturated rings. The van der Waals surface area contributed by atoms with E-state index >= 15 is 0 Å². The number of nitrogens with one attached hydrogen (secondary N) is 1. The Balaban J connectivity index is 2.48. The van der Waals surface area contributed by atoms with Crippen molar-refractivity contribution in [1.29, 1.82) is 0 Å². The van der Waals surface area contributed by atoms with Crippen LogP contribution in [0.5, 0.6) is 5.88 Å². The average Bonchev–Trinajstić information content (AvgIpc) is 2.41. The van der Waals surface area contributed by atoms with Gasteiger partial charge in [0.25, 0.3) is 0 Å². The van der Waals surface area contributed by atoms with Crippen LogP contribution in [0.2, 0.25) is 0 Å². The Morgan fingerprint density at radius 2 is 2.21 bits per heavy atom. The summed E-state index contributed by atoms with van der Waals surface area (Å²) in [5, 5.41) is 12.1. The van der Waals surface area contributed by atoms with E-state index in [1.54, 1.807) is 12.3 Å². The molecule has 2 N–H and O–H groups in total. The highest BCUT2D eigenvalue weighted by atomic mass is 16.5. The first-order valence-corrected chi connectivity index (χ1v) is 6.88. The summed E-state index contributed by atoms with van der Waals surface area (Å²) in [7, 11) is 0. The van der Waals surface area contributed by atoms with Crippen LogP contribution >= 0.6 is 0 Å². The van der Waals surface area contributed by atoms with Gasteiger partial charge in [-0.05, 0) is 24.7 Å². The van der Waals surface area contributed by atoms with Crippen LogP contribution in [0.4, 0.5) is 5.95 Å². The van der Waals surface area contributed by atoms with Crippen LogP contribution in [0.25, 0.3) is 0 Å². The van der Waals surface area contributed by atoms with E-state index < -0.39 is 0 Å². The molecule has 0 aliphatic carbocycles. The van der Waals surface area contributed by atoms with Gasteiger partial charge in [-0.3, -0.25) is 0 Å². The van der Waals surface area contributed by atoms with E-state index in [-0.39, 0.29) is 12.0 Å². The molecule has 0 spiro atoms. The van der Waals surface area contributed by atoms with Crippen molar-refractivity contribution in [1.82, 2.24) is 9.97 Å². The molecule has 0 amide bonds. The molecule has 1 rings (SSSR count). The first kappa shape index (κ1) is 15.7. The molecule has 5 heteroatoms.